The first-order valence-corrected chi connectivity index (χ1v) is 41.2. The van der Waals surface area contributed by atoms with Crippen molar-refractivity contribution in [1.29, 1.82) is 0 Å². The van der Waals surface area contributed by atoms with Gasteiger partial charge in [-0.25, -0.2) is 0 Å². The molecule has 0 spiro atoms. The van der Waals surface area contributed by atoms with Gasteiger partial charge in [-0.1, -0.05) is 384 Å². The molecule has 12 heteroatoms. The molecule has 0 radical (unpaired) electrons. The predicted molar refractivity (Wildman–Crippen MR) is 460 cm³/mol. The Morgan fingerprint density at radius 3 is 0.436 bits per heavy atom. The van der Waals surface area contributed by atoms with E-state index in [1.165, 1.54) is 174 Å². The molecule has 0 aliphatic heterocycles. The molecule has 0 heterocycles. The van der Waals surface area contributed by atoms with Crippen LogP contribution in [0.1, 0.15) is 44.5 Å². The maximum absolute atomic E-state index is 2.44. The summed E-state index contributed by atoms with van der Waals surface area (Å²) in [5.41, 5.74) is 15.7. The van der Waals surface area contributed by atoms with Gasteiger partial charge in [-0.2, -0.15) is 0 Å². The van der Waals surface area contributed by atoms with Crippen LogP contribution >= 0.6 is 31.7 Å². The van der Waals surface area contributed by atoms with Gasteiger partial charge in [0.05, 0.1) is 14.1 Å². The van der Waals surface area contributed by atoms with Crippen LogP contribution in [0.2, 0.25) is 0 Å². The normalized spacial score (nSPS) is 10.7. The Labute approximate surface area is 714 Å². The first-order chi connectivity index (χ1) is 50.3. The van der Waals surface area contributed by atoms with E-state index in [4.69, 9.17) is 0 Å². The topological polar surface area (TPSA) is 16.6 Å². The third kappa shape index (κ3) is 19.9. The molecule has 0 saturated carbocycles. The van der Waals surface area contributed by atoms with Crippen LogP contribution in [0.3, 0.4) is 0 Å². The smallest absolute Gasteiger partial charge is 1.00 e. The number of aryl methyl sites for hydroxylation is 8. The van der Waals surface area contributed by atoms with Crippen molar-refractivity contribution in [1.82, 2.24) is 0 Å². The molecule has 556 valence electrons. The van der Waals surface area contributed by atoms with Crippen molar-refractivity contribution in [3.05, 3.63) is 384 Å². The van der Waals surface area contributed by atoms with Gasteiger partial charge >= 0.3 is 39.0 Å². The fourth-order valence-electron chi connectivity index (χ4n) is 14.1. The summed E-state index contributed by atoms with van der Waals surface area (Å²) in [4.78, 5) is 0. The second-order valence-electron chi connectivity index (χ2n) is 27.3. The number of nitrogens with two attached hydrogens (primary N) is 1. The fourth-order valence-corrected chi connectivity index (χ4v) is 23.8. The molecule has 16 aromatic carbocycles. The van der Waals surface area contributed by atoms with E-state index in [1.807, 2.05) is 19.4 Å². The van der Waals surface area contributed by atoms with Gasteiger partial charge in [0, 0.05) is 0 Å². The van der Waals surface area contributed by atoms with E-state index >= 15 is 0 Å². The summed E-state index contributed by atoms with van der Waals surface area (Å²) in [5, 5.41) is 28.8. The Bertz CT molecular complexity index is 4770. The number of fused-ring (bicyclic) bond motifs is 4. The van der Waals surface area contributed by atoms with E-state index in [9.17, 15) is 0 Å². The average Bonchev–Trinajstić information content (AvgIpc) is 0.737. The zero-order chi connectivity index (χ0) is 71.1. The quantitative estimate of drug-likeness (QED) is 0.121. The van der Waals surface area contributed by atoms with Gasteiger partial charge in [0.2, 0.25) is 0 Å². The maximum Gasteiger partial charge on any atom is 2.00 e. The molecule has 0 bridgehead atoms. The van der Waals surface area contributed by atoms with E-state index in [1.54, 1.807) is 0 Å². The molecule has 0 saturated heterocycles. The van der Waals surface area contributed by atoms with Crippen LogP contribution in [-0.2, 0) is 39.0 Å². The molecular formula is C98H88Cl5NP4Ru2. The molecule has 0 atom stereocenters. The third-order valence-electron chi connectivity index (χ3n) is 19.4. The second kappa shape index (κ2) is 41.6. The van der Waals surface area contributed by atoms with Crippen LogP contribution in [0, 0.1) is 55.4 Å². The van der Waals surface area contributed by atoms with Crippen LogP contribution in [0.25, 0.3) is 65.3 Å². The minimum atomic E-state index is -0.885. The zero-order valence-corrected chi connectivity index (χ0v) is 74.1. The number of halogens is 5. The molecule has 0 amide bonds. The van der Waals surface area contributed by atoms with E-state index in [0.717, 1.165) is 0 Å². The van der Waals surface area contributed by atoms with Gasteiger partial charge in [0.15, 0.2) is 0 Å². The van der Waals surface area contributed by atoms with Gasteiger partial charge in [-0.05, 0) is 216 Å². The van der Waals surface area contributed by atoms with Gasteiger partial charge in [0.25, 0.3) is 0 Å². The molecule has 110 heavy (non-hydrogen) atoms. The first-order valence-electron chi connectivity index (χ1n) is 35.9. The van der Waals surface area contributed by atoms with E-state index in [2.05, 4.69) is 395 Å². The zero-order valence-electron chi connectivity index (χ0n) is 63.3. The van der Waals surface area contributed by atoms with Crippen molar-refractivity contribution in [3.63, 3.8) is 0 Å². The molecule has 1 nitrogen and oxygen atoms in total. The molecular weight excluding hydrogens is 1690 g/mol. The first kappa shape index (κ1) is 90.1. The fraction of sp³-hybridized carbons (Fsp3) is 0.102. The van der Waals surface area contributed by atoms with Crippen molar-refractivity contribution in [2.24, 2.45) is 0 Å². The molecule has 0 fully saturated rings. The average molecular weight is 1780 g/mol. The van der Waals surface area contributed by atoms with Crippen LogP contribution in [0.5, 0.6) is 0 Å². The second-order valence-corrected chi connectivity index (χ2v) is 36.1. The molecule has 0 unspecified atom stereocenters. The molecule has 16 rings (SSSR count). The van der Waals surface area contributed by atoms with E-state index < -0.39 is 31.7 Å². The summed E-state index contributed by atoms with van der Waals surface area (Å²) in [6.45, 7) is 17.4. The minimum Gasteiger partial charge on any atom is -1.00 e. The van der Waals surface area contributed by atoms with E-state index in [0.29, 0.717) is 0 Å². The molecule has 2 N–H and O–H groups in total. The molecule has 0 aliphatic rings. The van der Waals surface area contributed by atoms with Crippen molar-refractivity contribution in [2.75, 3.05) is 14.1 Å². The summed E-state index contributed by atoms with van der Waals surface area (Å²) >= 11 is 0. The Morgan fingerprint density at radius 1 is 0.173 bits per heavy atom. The summed E-state index contributed by atoms with van der Waals surface area (Å²) in [7, 11) is 0.459. The summed E-state index contributed by atoms with van der Waals surface area (Å²) in [6.07, 6.45) is 0. The minimum absolute atomic E-state index is 0. The van der Waals surface area contributed by atoms with Gasteiger partial charge in [-0.15, -0.1) is 0 Å². The predicted octanol–water partition coefficient (Wildman–Crippen LogP) is 4.64. The number of rotatable bonds is 14. The van der Waals surface area contributed by atoms with Crippen molar-refractivity contribution < 1.29 is 106 Å². The van der Waals surface area contributed by atoms with Crippen LogP contribution < -0.4 is 131 Å². The van der Waals surface area contributed by atoms with Crippen molar-refractivity contribution in [3.8, 4) is 22.3 Å². The molecule has 0 aromatic heterocycles. The summed E-state index contributed by atoms with van der Waals surface area (Å²) < 4.78 is 0. The number of hydrogen-bond donors (Lipinski definition) is 1. The van der Waals surface area contributed by atoms with E-state index in [-0.39, 0.29) is 101 Å². The van der Waals surface area contributed by atoms with Gasteiger partial charge in [0.1, 0.15) is 0 Å². The van der Waals surface area contributed by atoms with Crippen LogP contribution in [0.4, 0.5) is 0 Å². The molecule has 0 aliphatic carbocycles. The van der Waals surface area contributed by atoms with Crippen molar-refractivity contribution in [2.45, 2.75) is 55.4 Å². The maximum atomic E-state index is 2.44. The molecule has 16 aromatic rings. The SMILES string of the molecule is C[NH2+]C.Cc1ccc(P(c2ccc(C)cc2)c2ccc3ccccc3c2-c2c(P(c3ccc(C)cc3)c3ccc(C)cc3)ccc3ccccc23)cc1.Cc1ccc(P(c2ccc(C)cc2)c2ccc3ccccc3c2-c2c(P(c3ccc(C)cc3)c3ccc(C)cc3)ccc3ccccc23)cc1.[Cl-].[Cl-].[Cl-].[Cl-].[Cl-].[Ru+2].[Ru+2]. The number of hydrogen-bond acceptors (Lipinski definition) is 0. The Morgan fingerprint density at radius 2 is 0.300 bits per heavy atom. The largest absolute Gasteiger partial charge is 2.00 e. The van der Waals surface area contributed by atoms with Gasteiger partial charge < -0.3 is 67.4 Å². The van der Waals surface area contributed by atoms with Gasteiger partial charge in [-0.3, -0.25) is 0 Å². The number of benzene rings is 16. The Kier molecular flexibility index (Phi) is 34.1. The standard InChI is InChI=1S/2C48H40P2.C2H7N.5ClH.2Ru/c2*1-33-13-23-39(24-14-33)49(40-25-15-34(2)16-26-40)45-31-21-37-9-5-7-11-43(37)47(45)48-44-12-8-6-10-38(44)22-32-46(48)50(41-27-17-35(3)18-28-41)42-29-19-36(4)20-30-42;1-3-2;;;;;;;/h2*5-32H,1-4H3;3H,1-2H3;5*1H;;/q;;;;;;;;2*+2/p-4. The third-order valence-corrected chi connectivity index (χ3v) is 29.4. The number of quaternary nitrogens is 1. The Hall–Kier alpha value is -7.06. The monoisotopic (exact) mass is 1780 g/mol. The Balaban J connectivity index is 0.000000278. The van der Waals surface area contributed by atoms with Crippen molar-refractivity contribution >= 4 is 138 Å². The van der Waals surface area contributed by atoms with Crippen LogP contribution in [0.15, 0.2) is 340 Å². The summed E-state index contributed by atoms with van der Waals surface area (Å²) in [6, 6.07) is 129. The summed E-state index contributed by atoms with van der Waals surface area (Å²) in [5.74, 6) is 0. The van der Waals surface area contributed by atoms with Crippen LogP contribution in [-0.4, -0.2) is 14.1 Å².